The minimum atomic E-state index is 0.0462. The van der Waals surface area contributed by atoms with Gasteiger partial charge in [0.25, 0.3) is 0 Å². The Hall–Kier alpha value is -2.30. The van der Waals surface area contributed by atoms with Crippen molar-refractivity contribution in [2.45, 2.75) is 53.0 Å². The van der Waals surface area contributed by atoms with Crippen LogP contribution in [0.15, 0.2) is 18.2 Å². The fraction of sp³-hybridized carbons (Fsp3) is 0.524. The number of benzene rings is 1. The summed E-state index contributed by atoms with van der Waals surface area (Å²) in [6.07, 6.45) is 2.92. The van der Waals surface area contributed by atoms with Gasteiger partial charge in [-0.2, -0.15) is 5.10 Å². The molecule has 1 atom stereocenters. The van der Waals surface area contributed by atoms with Crippen LogP contribution in [-0.2, 0) is 13.5 Å². The van der Waals surface area contributed by atoms with Crippen molar-refractivity contribution in [1.82, 2.24) is 20.0 Å². The van der Waals surface area contributed by atoms with E-state index in [0.29, 0.717) is 6.54 Å². The molecule has 0 saturated carbocycles. The molecule has 0 spiro atoms. The number of rotatable bonds is 4. The summed E-state index contributed by atoms with van der Waals surface area (Å²) in [6.45, 7) is 9.84. The molecule has 1 unspecified atom stereocenters. The van der Waals surface area contributed by atoms with E-state index in [4.69, 9.17) is 0 Å². The molecule has 5 nitrogen and oxygen atoms in total. The van der Waals surface area contributed by atoms with E-state index in [9.17, 15) is 4.79 Å². The van der Waals surface area contributed by atoms with E-state index in [2.05, 4.69) is 49.4 Å². The van der Waals surface area contributed by atoms with Gasteiger partial charge in [0.05, 0.1) is 11.7 Å². The molecule has 1 aromatic heterocycles. The number of carbonyl (C=O) groups is 1. The minimum absolute atomic E-state index is 0.0462. The van der Waals surface area contributed by atoms with E-state index in [-0.39, 0.29) is 12.1 Å². The van der Waals surface area contributed by atoms with Crippen molar-refractivity contribution in [3.8, 4) is 0 Å². The molecule has 0 radical (unpaired) electrons. The van der Waals surface area contributed by atoms with Crippen LogP contribution in [0.3, 0.4) is 0 Å². The number of aromatic nitrogens is 2. The van der Waals surface area contributed by atoms with Crippen molar-refractivity contribution >= 4 is 6.03 Å². The second-order valence-corrected chi connectivity index (χ2v) is 7.45. The lowest BCUT2D eigenvalue weighted by Gasteiger charge is -2.26. The van der Waals surface area contributed by atoms with Crippen molar-refractivity contribution in [3.63, 3.8) is 0 Å². The molecule has 140 valence electrons. The number of nitrogens with zero attached hydrogens (tertiary/aromatic N) is 3. The van der Waals surface area contributed by atoms with Crippen LogP contribution in [-0.4, -0.2) is 33.8 Å². The highest BCUT2D eigenvalue weighted by atomic mass is 16.2. The van der Waals surface area contributed by atoms with Crippen LogP contribution in [0.5, 0.6) is 0 Å². The molecule has 0 aliphatic carbocycles. The van der Waals surface area contributed by atoms with Crippen molar-refractivity contribution in [2.24, 2.45) is 7.05 Å². The van der Waals surface area contributed by atoms with E-state index < -0.39 is 0 Å². The SMILES string of the molecule is Cc1ccc(C2CCCN2C(=O)NCCc2c(C)nn(C)c2C)cc1C. The lowest BCUT2D eigenvalue weighted by Crippen LogP contribution is -2.40. The maximum absolute atomic E-state index is 12.7. The Kier molecular flexibility index (Phi) is 5.35. The van der Waals surface area contributed by atoms with Crippen LogP contribution in [0.4, 0.5) is 4.79 Å². The molecule has 1 fully saturated rings. The first-order chi connectivity index (χ1) is 12.4. The van der Waals surface area contributed by atoms with Crippen LogP contribution in [0, 0.1) is 27.7 Å². The fourth-order valence-corrected chi connectivity index (χ4v) is 3.90. The number of aryl methyl sites for hydroxylation is 4. The first-order valence-electron chi connectivity index (χ1n) is 9.49. The fourth-order valence-electron chi connectivity index (χ4n) is 3.90. The van der Waals surface area contributed by atoms with Gasteiger partial charge in [-0.25, -0.2) is 4.79 Å². The smallest absolute Gasteiger partial charge is 0.317 e. The first kappa shape index (κ1) is 18.5. The van der Waals surface area contributed by atoms with Gasteiger partial charge in [0.2, 0.25) is 0 Å². The Morgan fingerprint density at radius 1 is 1.23 bits per heavy atom. The summed E-state index contributed by atoms with van der Waals surface area (Å²) in [5, 5.41) is 7.56. The lowest BCUT2D eigenvalue weighted by atomic mass is 9.99. The Morgan fingerprint density at radius 2 is 2.00 bits per heavy atom. The number of nitrogens with one attached hydrogen (secondary N) is 1. The second kappa shape index (κ2) is 7.52. The highest BCUT2D eigenvalue weighted by Crippen LogP contribution is 2.32. The average Bonchev–Trinajstić information content (AvgIpc) is 3.18. The zero-order valence-corrected chi connectivity index (χ0v) is 16.6. The molecule has 2 heterocycles. The molecule has 1 aromatic carbocycles. The summed E-state index contributed by atoms with van der Waals surface area (Å²) >= 11 is 0. The monoisotopic (exact) mass is 354 g/mol. The molecule has 1 saturated heterocycles. The quantitative estimate of drug-likeness (QED) is 0.909. The summed E-state index contributed by atoms with van der Waals surface area (Å²) in [7, 11) is 1.96. The highest BCUT2D eigenvalue weighted by molar-refractivity contribution is 5.75. The van der Waals surface area contributed by atoms with Gasteiger partial charge in [-0.15, -0.1) is 0 Å². The molecule has 2 aromatic rings. The third kappa shape index (κ3) is 3.62. The standard InChI is InChI=1S/C21H30N4O/c1-14-8-9-18(13-15(14)2)20-7-6-12-25(20)21(26)22-11-10-19-16(3)23-24(5)17(19)4/h8-9,13,20H,6-7,10-12H2,1-5H3,(H,22,26). The zero-order valence-electron chi connectivity index (χ0n) is 16.6. The number of hydrogen-bond acceptors (Lipinski definition) is 2. The van der Waals surface area contributed by atoms with Crippen molar-refractivity contribution < 1.29 is 4.79 Å². The predicted molar refractivity (Wildman–Crippen MR) is 104 cm³/mol. The third-order valence-corrected chi connectivity index (χ3v) is 5.74. The van der Waals surface area contributed by atoms with Crippen molar-refractivity contribution in [2.75, 3.05) is 13.1 Å². The summed E-state index contributed by atoms with van der Waals surface area (Å²) in [4.78, 5) is 14.7. The summed E-state index contributed by atoms with van der Waals surface area (Å²) in [6, 6.07) is 6.79. The van der Waals surface area contributed by atoms with Crippen LogP contribution < -0.4 is 5.32 Å². The Labute approximate surface area is 156 Å². The summed E-state index contributed by atoms with van der Waals surface area (Å²) in [5.41, 5.74) is 7.29. The van der Waals surface area contributed by atoms with Gasteiger partial charge in [0.15, 0.2) is 0 Å². The molecule has 0 bridgehead atoms. The first-order valence-corrected chi connectivity index (χ1v) is 9.49. The normalized spacial score (nSPS) is 17.0. The van der Waals surface area contributed by atoms with E-state index in [0.717, 1.165) is 31.5 Å². The molecule has 5 heteroatoms. The van der Waals surface area contributed by atoms with Crippen LogP contribution in [0.25, 0.3) is 0 Å². The molecular formula is C21H30N4O. The molecule has 26 heavy (non-hydrogen) atoms. The largest absolute Gasteiger partial charge is 0.338 e. The van der Waals surface area contributed by atoms with E-state index >= 15 is 0 Å². The van der Waals surface area contributed by atoms with Crippen LogP contribution >= 0.6 is 0 Å². The van der Waals surface area contributed by atoms with Gasteiger partial charge in [0.1, 0.15) is 0 Å². The van der Waals surface area contributed by atoms with Gasteiger partial charge < -0.3 is 10.2 Å². The van der Waals surface area contributed by atoms with E-state index in [1.165, 1.54) is 27.9 Å². The Bertz CT molecular complexity index is 809. The van der Waals surface area contributed by atoms with E-state index in [1.54, 1.807) is 0 Å². The van der Waals surface area contributed by atoms with Gasteiger partial charge in [-0.05, 0) is 69.2 Å². The summed E-state index contributed by atoms with van der Waals surface area (Å²) < 4.78 is 1.91. The number of likely N-dealkylation sites (tertiary alicyclic amines) is 1. The van der Waals surface area contributed by atoms with Crippen LogP contribution in [0.2, 0.25) is 0 Å². The molecular weight excluding hydrogens is 324 g/mol. The molecule has 1 aliphatic rings. The number of hydrogen-bond donors (Lipinski definition) is 1. The average molecular weight is 354 g/mol. The number of urea groups is 1. The molecule has 2 amide bonds. The Balaban J connectivity index is 1.62. The molecule has 1 aliphatic heterocycles. The Morgan fingerprint density at radius 3 is 2.65 bits per heavy atom. The molecule has 3 rings (SSSR count). The van der Waals surface area contributed by atoms with Gasteiger partial charge in [-0.1, -0.05) is 18.2 Å². The minimum Gasteiger partial charge on any atom is -0.338 e. The maximum Gasteiger partial charge on any atom is 0.317 e. The number of carbonyl (C=O) groups excluding carboxylic acids is 1. The zero-order chi connectivity index (χ0) is 18.8. The maximum atomic E-state index is 12.7. The highest BCUT2D eigenvalue weighted by Gasteiger charge is 2.30. The topological polar surface area (TPSA) is 50.2 Å². The number of amides is 2. The summed E-state index contributed by atoms with van der Waals surface area (Å²) in [5.74, 6) is 0. The van der Waals surface area contributed by atoms with Crippen molar-refractivity contribution in [3.05, 3.63) is 51.8 Å². The van der Waals surface area contributed by atoms with Crippen LogP contribution in [0.1, 0.15) is 52.5 Å². The van der Waals surface area contributed by atoms with E-state index in [1.807, 2.05) is 23.6 Å². The lowest BCUT2D eigenvalue weighted by molar-refractivity contribution is 0.193. The van der Waals surface area contributed by atoms with Crippen molar-refractivity contribution in [1.29, 1.82) is 0 Å². The predicted octanol–water partition coefficient (Wildman–Crippen LogP) is 3.74. The molecule has 1 N–H and O–H groups in total. The van der Waals surface area contributed by atoms with Gasteiger partial charge in [0, 0.05) is 25.8 Å². The van der Waals surface area contributed by atoms with Gasteiger partial charge in [-0.3, -0.25) is 4.68 Å². The third-order valence-electron chi connectivity index (χ3n) is 5.74. The van der Waals surface area contributed by atoms with Gasteiger partial charge >= 0.3 is 6.03 Å². The second-order valence-electron chi connectivity index (χ2n) is 7.45.